The number of fused-ring (bicyclic) bond motifs is 2. The van der Waals surface area contributed by atoms with Crippen molar-refractivity contribution in [3.8, 4) is 6.01 Å². The van der Waals surface area contributed by atoms with Crippen molar-refractivity contribution in [2.75, 3.05) is 62.7 Å². The van der Waals surface area contributed by atoms with Crippen LogP contribution in [0.4, 0.5) is 16.3 Å². The van der Waals surface area contributed by atoms with Crippen LogP contribution in [0.5, 0.6) is 6.01 Å². The van der Waals surface area contributed by atoms with E-state index in [1.807, 2.05) is 30.3 Å². The van der Waals surface area contributed by atoms with Crippen LogP contribution in [-0.4, -0.2) is 90.9 Å². The van der Waals surface area contributed by atoms with Crippen molar-refractivity contribution in [3.05, 3.63) is 101 Å². The second-order valence-electron chi connectivity index (χ2n) is 13.5. The number of aryl methyl sites for hydroxylation is 1. The number of anilines is 2. The van der Waals surface area contributed by atoms with E-state index in [0.717, 1.165) is 55.0 Å². The molecule has 49 heavy (non-hydrogen) atoms. The average Bonchev–Trinajstić information content (AvgIpc) is 3.42. The summed E-state index contributed by atoms with van der Waals surface area (Å²) >= 11 is 0. The molecule has 3 aliphatic rings. The Balaban J connectivity index is 1.18. The van der Waals surface area contributed by atoms with Crippen LogP contribution in [0, 0.1) is 13.5 Å². The summed E-state index contributed by atoms with van der Waals surface area (Å²) in [5, 5.41) is 2.48. The molecule has 3 aromatic carbocycles. The normalized spacial score (nSPS) is 19.7. The molecule has 4 heterocycles. The number of likely N-dealkylation sites (tertiary alicyclic amines) is 1. The first-order valence-corrected chi connectivity index (χ1v) is 17.5. The molecule has 1 amide bonds. The molecule has 0 saturated carbocycles. The minimum absolute atomic E-state index is 0.190. The van der Waals surface area contributed by atoms with Crippen LogP contribution >= 0.6 is 0 Å². The van der Waals surface area contributed by atoms with Crippen LogP contribution < -0.4 is 14.5 Å². The van der Waals surface area contributed by atoms with Gasteiger partial charge in [0.2, 0.25) is 6.54 Å². The van der Waals surface area contributed by atoms with E-state index in [0.29, 0.717) is 44.8 Å². The molecule has 0 unspecified atom stereocenters. The summed E-state index contributed by atoms with van der Waals surface area (Å²) in [6.07, 6.45) is 3.67. The SMILES string of the molecule is [C-]#[N+]C[C@H]1CN(c2nc(OC[C@@H]3CCCN3C)nc3c2CCCN(c2c(C)ccc4ccccc24)C3)CCN1C(=O)OCc1ccccc1. The molecule has 2 fully saturated rings. The smallest absolute Gasteiger partial charge is 0.410 e. The van der Waals surface area contributed by atoms with Crippen LogP contribution in [0.3, 0.4) is 0 Å². The van der Waals surface area contributed by atoms with Gasteiger partial charge in [-0.15, -0.1) is 0 Å². The van der Waals surface area contributed by atoms with Crippen LogP contribution in [0.15, 0.2) is 66.7 Å². The van der Waals surface area contributed by atoms with Gasteiger partial charge >= 0.3 is 12.1 Å². The third-order valence-electron chi connectivity index (χ3n) is 10.3. The molecular formula is C39H45N7O3. The lowest BCUT2D eigenvalue weighted by Crippen LogP contribution is -2.56. The highest BCUT2D eigenvalue weighted by molar-refractivity contribution is 5.96. The molecule has 3 aliphatic heterocycles. The monoisotopic (exact) mass is 659 g/mol. The standard InChI is InChI=1S/C39H45N7O3/c1-28-17-18-30-13-7-8-15-33(30)36(28)44-20-10-16-34-35(25-44)41-38(48-27-31-14-9-19-43(31)3)42-37(34)45-21-22-46(32(24-45)23-40-2)39(47)49-26-29-11-5-4-6-12-29/h4-8,11-13,15,17-18,31-32H,9-10,14,16,19-27H2,1,3H3/t31-,32-/m0/s1. The Labute approximate surface area is 289 Å². The number of piperazine rings is 1. The van der Waals surface area contributed by atoms with Gasteiger partial charge in [-0.2, -0.15) is 9.97 Å². The molecule has 0 radical (unpaired) electrons. The molecule has 7 rings (SSSR count). The van der Waals surface area contributed by atoms with Gasteiger partial charge < -0.3 is 29.0 Å². The van der Waals surface area contributed by atoms with Gasteiger partial charge in [0.1, 0.15) is 25.1 Å². The topological polar surface area (TPSA) is 78.6 Å². The summed E-state index contributed by atoms with van der Waals surface area (Å²) in [5.41, 5.74) is 5.54. The fourth-order valence-electron chi connectivity index (χ4n) is 7.60. The summed E-state index contributed by atoms with van der Waals surface area (Å²) < 4.78 is 12.1. The van der Waals surface area contributed by atoms with Crippen molar-refractivity contribution in [3.63, 3.8) is 0 Å². The summed E-state index contributed by atoms with van der Waals surface area (Å²) in [7, 11) is 2.15. The quantitative estimate of drug-likeness (QED) is 0.210. The lowest BCUT2D eigenvalue weighted by Gasteiger charge is -2.39. The van der Waals surface area contributed by atoms with Gasteiger partial charge in [0.25, 0.3) is 0 Å². The van der Waals surface area contributed by atoms with E-state index in [9.17, 15) is 4.79 Å². The number of aromatic nitrogens is 2. The van der Waals surface area contributed by atoms with E-state index in [4.69, 9.17) is 26.0 Å². The minimum atomic E-state index is -0.385. The average molecular weight is 660 g/mol. The Hall–Kier alpha value is -4.88. The van der Waals surface area contributed by atoms with E-state index in [1.54, 1.807) is 4.90 Å². The maximum atomic E-state index is 13.3. The summed E-state index contributed by atoms with van der Waals surface area (Å²) in [6.45, 7) is 14.9. The second-order valence-corrected chi connectivity index (χ2v) is 13.5. The van der Waals surface area contributed by atoms with Gasteiger partial charge in [0.15, 0.2) is 0 Å². The molecule has 10 heteroatoms. The first-order valence-electron chi connectivity index (χ1n) is 17.5. The third-order valence-corrected chi connectivity index (χ3v) is 10.3. The van der Waals surface area contributed by atoms with E-state index in [1.165, 1.54) is 28.4 Å². The Morgan fingerprint density at radius 3 is 2.59 bits per heavy atom. The lowest BCUT2D eigenvalue weighted by atomic mass is 10.0. The number of carbonyl (C=O) groups excluding carboxylic acids is 1. The van der Waals surface area contributed by atoms with Gasteiger partial charge in [-0.1, -0.05) is 66.7 Å². The molecule has 0 N–H and O–H groups in total. The Morgan fingerprint density at radius 1 is 0.939 bits per heavy atom. The summed E-state index contributed by atoms with van der Waals surface area (Å²) in [6, 6.07) is 23.1. The fourth-order valence-corrected chi connectivity index (χ4v) is 7.60. The molecule has 0 aliphatic carbocycles. The van der Waals surface area contributed by atoms with E-state index >= 15 is 0 Å². The predicted octanol–water partition coefficient (Wildman–Crippen LogP) is 6.11. The number of hydrogen-bond acceptors (Lipinski definition) is 8. The first kappa shape index (κ1) is 32.7. The molecule has 254 valence electrons. The highest BCUT2D eigenvalue weighted by atomic mass is 16.6. The molecule has 4 aromatic rings. The van der Waals surface area contributed by atoms with Gasteiger partial charge in [0.05, 0.1) is 12.2 Å². The van der Waals surface area contributed by atoms with E-state index in [2.05, 4.69) is 69.9 Å². The van der Waals surface area contributed by atoms with Crippen LogP contribution in [0.1, 0.15) is 41.6 Å². The molecule has 2 saturated heterocycles. The predicted molar refractivity (Wildman–Crippen MR) is 192 cm³/mol. The van der Waals surface area contributed by atoms with Gasteiger partial charge in [-0.05, 0) is 62.7 Å². The molecule has 0 bridgehead atoms. The molecule has 1 aromatic heterocycles. The maximum Gasteiger partial charge on any atom is 0.410 e. The van der Waals surface area contributed by atoms with Crippen LogP contribution in [-0.2, 0) is 24.3 Å². The number of nitrogens with zero attached hydrogens (tertiary/aromatic N) is 7. The zero-order valence-corrected chi connectivity index (χ0v) is 28.6. The minimum Gasteiger partial charge on any atom is -0.462 e. The number of amides is 1. The molecular weight excluding hydrogens is 614 g/mol. The number of rotatable bonds is 8. The number of carbonyl (C=O) groups is 1. The van der Waals surface area contributed by atoms with Crippen LogP contribution in [0.2, 0.25) is 0 Å². The Bertz CT molecular complexity index is 1830. The second kappa shape index (κ2) is 14.7. The highest BCUT2D eigenvalue weighted by Gasteiger charge is 2.36. The van der Waals surface area contributed by atoms with Crippen LogP contribution in [0.25, 0.3) is 15.6 Å². The fraction of sp³-hybridized carbons (Fsp3) is 0.436. The largest absolute Gasteiger partial charge is 0.462 e. The molecule has 0 spiro atoms. The summed E-state index contributed by atoms with van der Waals surface area (Å²) in [5.74, 6) is 0.864. The van der Waals surface area contributed by atoms with E-state index in [-0.39, 0.29) is 25.3 Å². The van der Waals surface area contributed by atoms with Crippen molar-refractivity contribution >= 4 is 28.4 Å². The van der Waals surface area contributed by atoms with Gasteiger partial charge in [-0.25, -0.2) is 11.4 Å². The third kappa shape index (κ3) is 7.13. The Kier molecular flexibility index (Phi) is 9.80. The van der Waals surface area contributed by atoms with Gasteiger partial charge in [0, 0.05) is 48.9 Å². The summed E-state index contributed by atoms with van der Waals surface area (Å²) in [4.78, 5) is 36.0. The number of hydrogen-bond donors (Lipinski definition) is 0. The Morgan fingerprint density at radius 2 is 1.78 bits per heavy atom. The van der Waals surface area contributed by atoms with Crippen molar-refractivity contribution in [1.29, 1.82) is 0 Å². The van der Waals surface area contributed by atoms with Gasteiger partial charge in [-0.3, -0.25) is 4.90 Å². The van der Waals surface area contributed by atoms with Crippen molar-refractivity contribution in [2.45, 2.75) is 57.8 Å². The van der Waals surface area contributed by atoms with Crippen molar-refractivity contribution in [2.24, 2.45) is 0 Å². The zero-order valence-electron chi connectivity index (χ0n) is 28.6. The molecule has 10 nitrogen and oxygen atoms in total. The van der Waals surface area contributed by atoms with E-state index < -0.39 is 0 Å². The number of benzene rings is 3. The highest BCUT2D eigenvalue weighted by Crippen LogP contribution is 2.36. The number of likely N-dealkylation sites (N-methyl/N-ethyl adjacent to an activating group) is 1. The lowest BCUT2D eigenvalue weighted by molar-refractivity contribution is 0.0788. The molecule has 2 atom stereocenters. The zero-order chi connectivity index (χ0) is 33.7. The number of ether oxygens (including phenoxy) is 2. The van der Waals surface area contributed by atoms with Crippen molar-refractivity contribution in [1.82, 2.24) is 19.8 Å². The van der Waals surface area contributed by atoms with Crippen molar-refractivity contribution < 1.29 is 14.3 Å². The first-order chi connectivity index (χ1) is 24.0. The maximum absolute atomic E-state index is 13.3.